The molecule has 1 aromatic carbocycles. The molecule has 0 aliphatic heterocycles. The minimum atomic E-state index is 0.551. The van der Waals surface area contributed by atoms with Crippen molar-refractivity contribution in [3.63, 3.8) is 0 Å². The van der Waals surface area contributed by atoms with Crippen LogP contribution in [0.4, 0.5) is 0 Å². The van der Waals surface area contributed by atoms with E-state index in [0.29, 0.717) is 11.8 Å². The third-order valence-corrected chi connectivity index (χ3v) is 4.65. The zero-order chi connectivity index (χ0) is 12.3. The molecule has 88 valence electrons. The van der Waals surface area contributed by atoms with Gasteiger partial charge in [-0.3, -0.25) is 0 Å². The number of benzene rings is 1. The summed E-state index contributed by atoms with van der Waals surface area (Å²) in [5.41, 5.74) is 8.88. The van der Waals surface area contributed by atoms with E-state index in [1.165, 1.54) is 33.4 Å². The van der Waals surface area contributed by atoms with Gasteiger partial charge in [0.15, 0.2) is 0 Å². The molecule has 18 heavy (non-hydrogen) atoms. The highest BCUT2D eigenvalue weighted by atomic mass is 14.4. The van der Waals surface area contributed by atoms with E-state index in [1.807, 2.05) is 0 Å². The van der Waals surface area contributed by atoms with Crippen molar-refractivity contribution in [2.75, 3.05) is 0 Å². The average molecular weight is 232 g/mol. The molecule has 0 N–H and O–H groups in total. The van der Waals surface area contributed by atoms with Crippen molar-refractivity contribution in [3.8, 4) is 0 Å². The van der Waals surface area contributed by atoms with Crippen molar-refractivity contribution in [3.05, 3.63) is 76.4 Å². The summed E-state index contributed by atoms with van der Waals surface area (Å²) in [6.45, 7) is 4.49. The Labute approximate surface area is 108 Å². The quantitative estimate of drug-likeness (QED) is 0.611. The molecular weight excluding hydrogens is 216 g/mol. The molecule has 3 aliphatic rings. The summed E-state index contributed by atoms with van der Waals surface area (Å²) in [5.74, 6) is 1.12. The molecule has 0 heterocycles. The van der Waals surface area contributed by atoms with Crippen molar-refractivity contribution in [2.24, 2.45) is 5.92 Å². The van der Waals surface area contributed by atoms with Gasteiger partial charge in [-0.05, 0) is 47.3 Å². The number of allylic oxidation sites excluding steroid dienone is 8. The molecule has 0 aromatic heterocycles. The van der Waals surface area contributed by atoms with Crippen LogP contribution in [0.2, 0.25) is 0 Å². The lowest BCUT2D eigenvalue weighted by Gasteiger charge is -2.29. The van der Waals surface area contributed by atoms with E-state index in [2.05, 4.69) is 62.4 Å². The summed E-state index contributed by atoms with van der Waals surface area (Å²) in [4.78, 5) is 0. The van der Waals surface area contributed by atoms with Crippen LogP contribution < -0.4 is 0 Å². The lowest BCUT2D eigenvalue weighted by atomic mass is 9.74. The van der Waals surface area contributed by atoms with Crippen LogP contribution in [0.3, 0.4) is 0 Å². The fourth-order valence-electron chi connectivity index (χ4n) is 3.64. The Bertz CT molecular complexity index is 665. The highest BCUT2D eigenvalue weighted by molar-refractivity contribution is 5.84. The summed E-state index contributed by atoms with van der Waals surface area (Å²) in [7, 11) is 0. The minimum Gasteiger partial charge on any atom is -0.0760 e. The molecule has 0 spiro atoms. The van der Waals surface area contributed by atoms with Crippen LogP contribution in [0.15, 0.2) is 65.3 Å². The summed E-state index contributed by atoms with van der Waals surface area (Å²) >= 11 is 0. The van der Waals surface area contributed by atoms with Crippen LogP contribution in [0.25, 0.3) is 5.57 Å². The Hall–Kier alpha value is -1.82. The predicted molar refractivity (Wildman–Crippen MR) is 76.2 cm³/mol. The van der Waals surface area contributed by atoms with Crippen LogP contribution in [0.5, 0.6) is 0 Å². The van der Waals surface area contributed by atoms with Gasteiger partial charge in [-0.25, -0.2) is 0 Å². The smallest absolute Gasteiger partial charge is 0.0202 e. The Morgan fingerprint density at radius 3 is 2.72 bits per heavy atom. The monoisotopic (exact) mass is 232 g/mol. The average Bonchev–Trinajstić information content (AvgIpc) is 2.72. The largest absolute Gasteiger partial charge is 0.0760 e. The van der Waals surface area contributed by atoms with Gasteiger partial charge < -0.3 is 0 Å². The van der Waals surface area contributed by atoms with Crippen molar-refractivity contribution in [1.29, 1.82) is 0 Å². The van der Waals surface area contributed by atoms with Crippen LogP contribution in [0, 0.1) is 5.92 Å². The SMILES string of the molecule is CC1=C(C)C2=CC=CC3c4ccccc4C(=C1)C23. The van der Waals surface area contributed by atoms with Gasteiger partial charge in [0.05, 0.1) is 0 Å². The predicted octanol–water partition coefficient (Wildman–Crippen LogP) is 4.63. The van der Waals surface area contributed by atoms with Crippen LogP contribution in [-0.4, -0.2) is 0 Å². The lowest BCUT2D eigenvalue weighted by molar-refractivity contribution is 0.708. The van der Waals surface area contributed by atoms with Gasteiger partial charge in [0.25, 0.3) is 0 Å². The van der Waals surface area contributed by atoms with Gasteiger partial charge in [0, 0.05) is 11.8 Å². The van der Waals surface area contributed by atoms with E-state index in [4.69, 9.17) is 0 Å². The Morgan fingerprint density at radius 2 is 1.83 bits per heavy atom. The Kier molecular flexibility index (Phi) is 1.89. The first kappa shape index (κ1) is 10.1. The molecule has 0 heteroatoms. The number of hydrogen-bond donors (Lipinski definition) is 0. The van der Waals surface area contributed by atoms with Crippen molar-refractivity contribution in [2.45, 2.75) is 19.8 Å². The molecule has 4 rings (SSSR count). The van der Waals surface area contributed by atoms with Gasteiger partial charge in [-0.2, -0.15) is 0 Å². The summed E-state index contributed by atoms with van der Waals surface area (Å²) in [6, 6.07) is 8.89. The summed E-state index contributed by atoms with van der Waals surface area (Å²) < 4.78 is 0. The molecule has 3 aliphatic carbocycles. The van der Waals surface area contributed by atoms with Gasteiger partial charge in [-0.1, -0.05) is 48.6 Å². The molecule has 2 unspecified atom stereocenters. The number of rotatable bonds is 0. The molecule has 0 amide bonds. The molecule has 0 nitrogen and oxygen atoms in total. The first-order valence-corrected chi connectivity index (χ1v) is 6.64. The van der Waals surface area contributed by atoms with Crippen molar-refractivity contribution in [1.82, 2.24) is 0 Å². The summed E-state index contributed by atoms with van der Waals surface area (Å²) in [5, 5.41) is 0. The van der Waals surface area contributed by atoms with Crippen molar-refractivity contribution >= 4 is 5.57 Å². The maximum atomic E-state index is 2.40. The van der Waals surface area contributed by atoms with Crippen molar-refractivity contribution < 1.29 is 0 Å². The maximum absolute atomic E-state index is 2.40. The number of hydrogen-bond acceptors (Lipinski definition) is 0. The second kappa shape index (κ2) is 3.35. The van der Waals surface area contributed by atoms with E-state index in [1.54, 1.807) is 0 Å². The normalized spacial score (nSPS) is 27.7. The van der Waals surface area contributed by atoms with E-state index < -0.39 is 0 Å². The third-order valence-electron chi connectivity index (χ3n) is 4.65. The topological polar surface area (TPSA) is 0 Å². The third kappa shape index (κ3) is 1.11. The molecule has 0 saturated heterocycles. The van der Waals surface area contributed by atoms with E-state index in [-0.39, 0.29) is 0 Å². The fraction of sp³-hybridized carbons (Fsp3) is 0.222. The second-order valence-electron chi connectivity index (χ2n) is 5.51. The Balaban J connectivity index is 2.06. The van der Waals surface area contributed by atoms with Crippen LogP contribution in [-0.2, 0) is 0 Å². The minimum absolute atomic E-state index is 0.551. The Morgan fingerprint density at radius 1 is 1.00 bits per heavy atom. The lowest BCUT2D eigenvalue weighted by Crippen LogP contribution is -2.15. The second-order valence-corrected chi connectivity index (χ2v) is 5.51. The highest BCUT2D eigenvalue weighted by Crippen LogP contribution is 2.55. The first-order valence-electron chi connectivity index (χ1n) is 6.64. The zero-order valence-electron chi connectivity index (χ0n) is 10.8. The standard InChI is InChI=1S/C18H16/c1-11-10-17-15-7-4-3-6-14(15)16-9-5-8-13(12(11)2)18(16)17/h3-10,16,18H,1-2H3. The molecule has 1 aromatic rings. The van der Waals surface area contributed by atoms with Crippen LogP contribution >= 0.6 is 0 Å². The zero-order valence-corrected chi connectivity index (χ0v) is 10.8. The molecule has 0 saturated carbocycles. The summed E-state index contributed by atoms with van der Waals surface area (Å²) in [6.07, 6.45) is 9.30. The first-order chi connectivity index (χ1) is 8.77. The molecule has 0 fully saturated rings. The number of fused-ring (bicyclic) bond motifs is 3. The van der Waals surface area contributed by atoms with Gasteiger partial charge >= 0.3 is 0 Å². The molecule has 0 radical (unpaired) electrons. The van der Waals surface area contributed by atoms with E-state index >= 15 is 0 Å². The maximum Gasteiger partial charge on any atom is 0.0202 e. The van der Waals surface area contributed by atoms with Gasteiger partial charge in [-0.15, -0.1) is 0 Å². The highest BCUT2D eigenvalue weighted by Gasteiger charge is 2.40. The molecule has 2 atom stereocenters. The molecular formula is C18H16. The van der Waals surface area contributed by atoms with Crippen LogP contribution in [0.1, 0.15) is 30.9 Å². The van der Waals surface area contributed by atoms with E-state index in [9.17, 15) is 0 Å². The fourth-order valence-corrected chi connectivity index (χ4v) is 3.64. The van der Waals surface area contributed by atoms with E-state index in [0.717, 1.165) is 0 Å². The van der Waals surface area contributed by atoms with Gasteiger partial charge in [0.2, 0.25) is 0 Å². The van der Waals surface area contributed by atoms with Gasteiger partial charge in [0.1, 0.15) is 0 Å². The molecule has 0 bridgehead atoms.